The van der Waals surface area contributed by atoms with E-state index in [-0.39, 0.29) is 0 Å². The normalized spacial score (nSPS) is 18.0. The van der Waals surface area contributed by atoms with E-state index in [0.29, 0.717) is 12.7 Å². The second-order valence-corrected chi connectivity index (χ2v) is 7.32. The lowest BCUT2D eigenvalue weighted by Gasteiger charge is -2.30. The number of methoxy groups -OCH3 is 1. The van der Waals surface area contributed by atoms with Gasteiger partial charge in [-0.1, -0.05) is 18.2 Å². The van der Waals surface area contributed by atoms with Crippen LogP contribution in [0.15, 0.2) is 36.4 Å². The van der Waals surface area contributed by atoms with Crippen molar-refractivity contribution in [3.63, 3.8) is 0 Å². The van der Waals surface area contributed by atoms with Gasteiger partial charge >= 0.3 is 0 Å². The third-order valence-electron chi connectivity index (χ3n) is 5.56. The molecule has 0 aromatic heterocycles. The molecule has 0 radical (unpaired) electrons. The molecule has 0 fully saturated rings. The van der Waals surface area contributed by atoms with Gasteiger partial charge in [0.15, 0.2) is 11.5 Å². The summed E-state index contributed by atoms with van der Waals surface area (Å²) in [5.74, 6) is 3.37. The van der Waals surface area contributed by atoms with Gasteiger partial charge in [0.25, 0.3) is 0 Å². The van der Waals surface area contributed by atoms with Crippen molar-refractivity contribution in [3.05, 3.63) is 53.1 Å². The number of fused-ring (bicyclic) bond motifs is 2. The molecule has 2 aromatic rings. The average molecular weight is 353 g/mol. The van der Waals surface area contributed by atoms with Crippen LogP contribution in [0.25, 0.3) is 0 Å². The number of likely N-dealkylation sites (N-methyl/N-ethyl adjacent to an activating group) is 1. The van der Waals surface area contributed by atoms with E-state index in [1.807, 2.05) is 6.07 Å². The minimum Gasteiger partial charge on any atom is -0.496 e. The first-order valence-electron chi connectivity index (χ1n) is 9.47. The van der Waals surface area contributed by atoms with Gasteiger partial charge in [-0.2, -0.15) is 0 Å². The fourth-order valence-corrected chi connectivity index (χ4v) is 4.18. The van der Waals surface area contributed by atoms with E-state index in [0.717, 1.165) is 43.2 Å². The molecule has 1 aliphatic carbocycles. The summed E-state index contributed by atoms with van der Waals surface area (Å²) in [6.45, 7) is 2.46. The van der Waals surface area contributed by atoms with Crippen LogP contribution < -0.4 is 14.2 Å². The van der Waals surface area contributed by atoms with E-state index in [9.17, 15) is 0 Å². The van der Waals surface area contributed by atoms with Crippen molar-refractivity contribution in [1.82, 2.24) is 4.90 Å². The van der Waals surface area contributed by atoms with Gasteiger partial charge in [0.05, 0.1) is 7.11 Å². The van der Waals surface area contributed by atoms with Gasteiger partial charge in [-0.25, -0.2) is 0 Å². The Hall–Kier alpha value is -2.20. The Kier molecular flexibility index (Phi) is 5.02. The average Bonchev–Trinajstić information content (AvgIpc) is 3.14. The van der Waals surface area contributed by atoms with Crippen LogP contribution in [-0.4, -0.2) is 38.9 Å². The van der Waals surface area contributed by atoms with E-state index < -0.39 is 0 Å². The second-order valence-electron chi connectivity index (χ2n) is 7.32. The highest BCUT2D eigenvalue weighted by Gasteiger charge is 2.23. The fourth-order valence-electron chi connectivity index (χ4n) is 4.18. The molecule has 4 nitrogen and oxygen atoms in total. The topological polar surface area (TPSA) is 30.9 Å². The van der Waals surface area contributed by atoms with Crippen LogP contribution in [0.3, 0.4) is 0 Å². The Balaban J connectivity index is 1.38. The van der Waals surface area contributed by atoms with Crippen LogP contribution in [0, 0.1) is 0 Å². The van der Waals surface area contributed by atoms with Gasteiger partial charge in [0, 0.05) is 13.1 Å². The van der Waals surface area contributed by atoms with Crippen molar-refractivity contribution in [2.45, 2.75) is 31.6 Å². The van der Waals surface area contributed by atoms with E-state index in [1.54, 1.807) is 7.11 Å². The molecule has 1 heterocycles. The Morgan fingerprint density at radius 2 is 2.04 bits per heavy atom. The Morgan fingerprint density at radius 1 is 1.15 bits per heavy atom. The van der Waals surface area contributed by atoms with Crippen molar-refractivity contribution >= 4 is 0 Å². The smallest absolute Gasteiger partial charge is 0.231 e. The molecule has 0 saturated heterocycles. The second kappa shape index (κ2) is 7.58. The highest BCUT2D eigenvalue weighted by atomic mass is 16.7. The van der Waals surface area contributed by atoms with Gasteiger partial charge in [0.2, 0.25) is 6.79 Å². The number of rotatable bonds is 6. The van der Waals surface area contributed by atoms with Crippen LogP contribution in [0.4, 0.5) is 0 Å². The number of ether oxygens (including phenoxy) is 3. The summed E-state index contributed by atoms with van der Waals surface area (Å²) < 4.78 is 16.4. The van der Waals surface area contributed by atoms with E-state index in [2.05, 4.69) is 42.3 Å². The summed E-state index contributed by atoms with van der Waals surface area (Å²) in [4.78, 5) is 2.45. The summed E-state index contributed by atoms with van der Waals surface area (Å²) >= 11 is 0. The molecule has 0 unspecified atom stereocenters. The summed E-state index contributed by atoms with van der Waals surface area (Å²) in [5.41, 5.74) is 4.19. The number of benzene rings is 2. The minimum atomic E-state index is 0.337. The SMILES string of the molecule is COc1cccc2c1CCC[C@H]2CN(C)CCc1ccc2c(c1)OCO2. The highest BCUT2D eigenvalue weighted by Crippen LogP contribution is 2.37. The quantitative estimate of drug-likeness (QED) is 0.785. The third-order valence-corrected chi connectivity index (χ3v) is 5.56. The number of hydrogen-bond donors (Lipinski definition) is 0. The maximum Gasteiger partial charge on any atom is 0.231 e. The molecule has 2 aliphatic rings. The molecular formula is C22H27NO3. The molecule has 1 atom stereocenters. The maximum atomic E-state index is 5.57. The first-order valence-corrected chi connectivity index (χ1v) is 9.47. The first-order chi connectivity index (χ1) is 12.7. The highest BCUT2D eigenvalue weighted by molar-refractivity contribution is 5.45. The first kappa shape index (κ1) is 17.2. The third kappa shape index (κ3) is 3.51. The molecule has 4 heteroatoms. The lowest BCUT2D eigenvalue weighted by molar-refractivity contribution is 0.174. The molecule has 1 aliphatic heterocycles. The predicted molar refractivity (Wildman–Crippen MR) is 102 cm³/mol. The van der Waals surface area contributed by atoms with Gasteiger partial charge in [-0.3, -0.25) is 0 Å². The Bertz CT molecular complexity index is 774. The van der Waals surface area contributed by atoms with Crippen LogP contribution in [0.2, 0.25) is 0 Å². The van der Waals surface area contributed by atoms with Crippen LogP contribution in [-0.2, 0) is 12.8 Å². The van der Waals surface area contributed by atoms with Crippen LogP contribution >= 0.6 is 0 Å². The molecule has 0 bridgehead atoms. The molecule has 138 valence electrons. The predicted octanol–water partition coefficient (Wildman–Crippen LogP) is 4.02. The molecule has 0 saturated carbocycles. The van der Waals surface area contributed by atoms with Crippen LogP contribution in [0.5, 0.6) is 17.2 Å². The molecule has 0 N–H and O–H groups in total. The van der Waals surface area contributed by atoms with E-state index >= 15 is 0 Å². The van der Waals surface area contributed by atoms with Crippen molar-refractivity contribution in [2.24, 2.45) is 0 Å². The zero-order valence-electron chi connectivity index (χ0n) is 15.7. The van der Waals surface area contributed by atoms with Crippen LogP contribution in [0.1, 0.15) is 35.4 Å². The largest absolute Gasteiger partial charge is 0.496 e. The lowest BCUT2D eigenvalue weighted by atomic mass is 9.82. The summed E-state index contributed by atoms with van der Waals surface area (Å²) in [7, 11) is 4.00. The molecule has 0 spiro atoms. The van der Waals surface area contributed by atoms with E-state index in [1.165, 1.54) is 29.5 Å². The van der Waals surface area contributed by atoms with Gasteiger partial charge in [-0.05, 0) is 73.5 Å². The summed E-state index contributed by atoms with van der Waals surface area (Å²) in [5, 5.41) is 0. The van der Waals surface area contributed by atoms with E-state index in [4.69, 9.17) is 14.2 Å². The minimum absolute atomic E-state index is 0.337. The van der Waals surface area contributed by atoms with Gasteiger partial charge in [0.1, 0.15) is 5.75 Å². The molecular weight excluding hydrogens is 326 g/mol. The Morgan fingerprint density at radius 3 is 2.92 bits per heavy atom. The maximum absolute atomic E-state index is 5.57. The molecule has 0 amide bonds. The standard InChI is InChI=1S/C22H27NO3/c1-23(12-11-16-9-10-21-22(13-16)26-15-25-21)14-17-5-3-7-19-18(17)6-4-8-20(19)24-2/h4,6,8-10,13,17H,3,5,7,11-12,14-15H2,1-2H3/t17-/m0/s1. The molecule has 26 heavy (non-hydrogen) atoms. The van der Waals surface area contributed by atoms with Crippen molar-refractivity contribution in [1.29, 1.82) is 0 Å². The number of nitrogens with zero attached hydrogens (tertiary/aromatic N) is 1. The molecule has 2 aromatic carbocycles. The van der Waals surface area contributed by atoms with Gasteiger partial charge < -0.3 is 19.1 Å². The lowest BCUT2D eigenvalue weighted by Crippen LogP contribution is -2.28. The van der Waals surface area contributed by atoms with Crippen molar-refractivity contribution in [3.8, 4) is 17.2 Å². The zero-order valence-corrected chi connectivity index (χ0v) is 15.7. The fraction of sp³-hybridized carbons (Fsp3) is 0.455. The number of hydrogen-bond acceptors (Lipinski definition) is 4. The Labute approximate surface area is 155 Å². The van der Waals surface area contributed by atoms with Crippen molar-refractivity contribution < 1.29 is 14.2 Å². The van der Waals surface area contributed by atoms with Gasteiger partial charge in [-0.15, -0.1) is 0 Å². The van der Waals surface area contributed by atoms with Crippen molar-refractivity contribution in [2.75, 3.05) is 34.0 Å². The zero-order chi connectivity index (χ0) is 17.9. The summed E-state index contributed by atoms with van der Waals surface area (Å²) in [6.07, 6.45) is 4.66. The summed E-state index contributed by atoms with van der Waals surface area (Å²) in [6, 6.07) is 12.8. The monoisotopic (exact) mass is 353 g/mol. The molecule has 4 rings (SSSR count).